The van der Waals surface area contributed by atoms with Gasteiger partial charge in [-0.3, -0.25) is 4.68 Å². The number of nitrogens with zero attached hydrogens (tertiary/aromatic N) is 2. The Labute approximate surface area is 118 Å². The lowest BCUT2D eigenvalue weighted by molar-refractivity contribution is 0.153. The standard InChI is InChI=1S/C15H19N3O2/c1-16-13-7-14(10-8-17-18(2)9-10)20-15-6-11(19-3)4-5-12(13)15/h4-6,8-9,13-14,16H,7H2,1-3H3. The molecule has 1 aliphatic rings. The second kappa shape index (κ2) is 5.17. The Morgan fingerprint density at radius 2 is 2.30 bits per heavy atom. The van der Waals surface area contributed by atoms with E-state index in [1.54, 1.807) is 11.8 Å². The van der Waals surface area contributed by atoms with Crippen molar-refractivity contribution in [3.05, 3.63) is 41.7 Å². The van der Waals surface area contributed by atoms with E-state index in [2.05, 4.69) is 16.5 Å². The highest BCUT2D eigenvalue weighted by molar-refractivity contribution is 5.44. The monoisotopic (exact) mass is 273 g/mol. The summed E-state index contributed by atoms with van der Waals surface area (Å²) in [5.74, 6) is 1.69. The predicted molar refractivity (Wildman–Crippen MR) is 76.0 cm³/mol. The van der Waals surface area contributed by atoms with Gasteiger partial charge in [-0.05, 0) is 13.1 Å². The lowest BCUT2D eigenvalue weighted by Crippen LogP contribution is -2.26. The zero-order valence-corrected chi connectivity index (χ0v) is 12.0. The molecule has 0 radical (unpaired) electrons. The predicted octanol–water partition coefficient (Wildman–Crippen LogP) is 2.21. The SMILES string of the molecule is CNC1CC(c2cnn(C)c2)Oc2cc(OC)ccc21. The van der Waals surface area contributed by atoms with Gasteiger partial charge in [0.2, 0.25) is 0 Å². The van der Waals surface area contributed by atoms with Crippen molar-refractivity contribution in [1.29, 1.82) is 0 Å². The van der Waals surface area contributed by atoms with E-state index in [0.717, 1.165) is 23.5 Å². The molecule has 0 saturated heterocycles. The average Bonchev–Trinajstić information content (AvgIpc) is 2.92. The molecule has 0 aliphatic carbocycles. The van der Waals surface area contributed by atoms with Crippen LogP contribution in [0.1, 0.15) is 29.7 Å². The van der Waals surface area contributed by atoms with Crippen LogP contribution in [0.15, 0.2) is 30.6 Å². The van der Waals surface area contributed by atoms with Gasteiger partial charge < -0.3 is 14.8 Å². The molecule has 0 spiro atoms. The highest BCUT2D eigenvalue weighted by Gasteiger charge is 2.29. The third kappa shape index (κ3) is 2.25. The van der Waals surface area contributed by atoms with Crippen LogP contribution in [0.25, 0.3) is 0 Å². The molecule has 20 heavy (non-hydrogen) atoms. The summed E-state index contributed by atoms with van der Waals surface area (Å²) in [6.45, 7) is 0. The van der Waals surface area contributed by atoms with Crippen LogP contribution in [0.3, 0.4) is 0 Å². The minimum atomic E-state index is 0.0146. The molecule has 0 bridgehead atoms. The molecule has 3 rings (SSSR count). The van der Waals surface area contributed by atoms with E-state index < -0.39 is 0 Å². The highest BCUT2D eigenvalue weighted by atomic mass is 16.5. The lowest BCUT2D eigenvalue weighted by atomic mass is 9.94. The first-order valence-electron chi connectivity index (χ1n) is 6.71. The van der Waals surface area contributed by atoms with Crippen LogP contribution in [0, 0.1) is 0 Å². The van der Waals surface area contributed by atoms with Crippen molar-refractivity contribution < 1.29 is 9.47 Å². The van der Waals surface area contributed by atoms with Crippen molar-refractivity contribution in [3.63, 3.8) is 0 Å². The summed E-state index contributed by atoms with van der Waals surface area (Å²) in [5, 5.41) is 7.58. The molecule has 1 aromatic heterocycles. The van der Waals surface area contributed by atoms with Gasteiger partial charge in [-0.2, -0.15) is 5.10 Å². The van der Waals surface area contributed by atoms with Crippen molar-refractivity contribution in [2.45, 2.75) is 18.6 Å². The Bertz CT molecular complexity index is 609. The van der Waals surface area contributed by atoms with Crippen LogP contribution in [0.2, 0.25) is 0 Å². The molecule has 1 N–H and O–H groups in total. The van der Waals surface area contributed by atoms with Crippen molar-refractivity contribution >= 4 is 0 Å². The van der Waals surface area contributed by atoms with E-state index in [1.807, 2.05) is 38.6 Å². The molecule has 2 unspecified atom stereocenters. The number of hydrogen-bond acceptors (Lipinski definition) is 4. The Kier molecular flexibility index (Phi) is 3.36. The van der Waals surface area contributed by atoms with E-state index in [1.165, 1.54) is 5.56 Å². The van der Waals surface area contributed by atoms with Gasteiger partial charge in [-0.1, -0.05) is 6.07 Å². The Morgan fingerprint density at radius 1 is 1.45 bits per heavy atom. The summed E-state index contributed by atoms with van der Waals surface area (Å²) >= 11 is 0. The third-order valence-corrected chi connectivity index (χ3v) is 3.76. The molecule has 1 aliphatic heterocycles. The summed E-state index contributed by atoms with van der Waals surface area (Å²) in [6, 6.07) is 6.25. The van der Waals surface area contributed by atoms with Crippen LogP contribution in [-0.4, -0.2) is 23.9 Å². The minimum Gasteiger partial charge on any atom is -0.497 e. The molecule has 2 aromatic rings. The second-order valence-corrected chi connectivity index (χ2v) is 5.03. The lowest BCUT2D eigenvalue weighted by Gasteiger charge is -2.31. The van der Waals surface area contributed by atoms with Gasteiger partial charge in [0, 0.05) is 42.9 Å². The Balaban J connectivity index is 1.95. The topological polar surface area (TPSA) is 48.3 Å². The van der Waals surface area contributed by atoms with Crippen LogP contribution in [0.4, 0.5) is 0 Å². The maximum Gasteiger partial charge on any atom is 0.129 e. The summed E-state index contributed by atoms with van der Waals surface area (Å²) in [4.78, 5) is 0. The van der Waals surface area contributed by atoms with Crippen molar-refractivity contribution in [2.24, 2.45) is 7.05 Å². The van der Waals surface area contributed by atoms with E-state index in [0.29, 0.717) is 0 Å². The fraction of sp³-hybridized carbons (Fsp3) is 0.400. The van der Waals surface area contributed by atoms with Crippen LogP contribution in [-0.2, 0) is 7.05 Å². The number of hydrogen-bond donors (Lipinski definition) is 1. The van der Waals surface area contributed by atoms with E-state index in [4.69, 9.17) is 9.47 Å². The number of aromatic nitrogens is 2. The number of fused-ring (bicyclic) bond motifs is 1. The molecule has 0 fully saturated rings. The first-order chi connectivity index (χ1) is 9.71. The summed E-state index contributed by atoms with van der Waals surface area (Å²) in [6.07, 6.45) is 4.77. The molecule has 0 saturated carbocycles. The minimum absolute atomic E-state index is 0.0146. The van der Waals surface area contributed by atoms with E-state index in [9.17, 15) is 0 Å². The largest absolute Gasteiger partial charge is 0.497 e. The fourth-order valence-corrected chi connectivity index (χ4v) is 2.66. The fourth-order valence-electron chi connectivity index (χ4n) is 2.66. The number of benzene rings is 1. The van der Waals surface area contributed by atoms with Gasteiger partial charge in [-0.15, -0.1) is 0 Å². The molecule has 2 heterocycles. The number of ether oxygens (including phenoxy) is 2. The van der Waals surface area contributed by atoms with Gasteiger partial charge in [0.25, 0.3) is 0 Å². The van der Waals surface area contributed by atoms with Gasteiger partial charge in [0.05, 0.1) is 13.3 Å². The smallest absolute Gasteiger partial charge is 0.129 e. The van der Waals surface area contributed by atoms with Gasteiger partial charge in [0.1, 0.15) is 17.6 Å². The number of aryl methyl sites for hydroxylation is 1. The van der Waals surface area contributed by atoms with E-state index >= 15 is 0 Å². The Hall–Kier alpha value is -2.01. The second-order valence-electron chi connectivity index (χ2n) is 5.03. The van der Waals surface area contributed by atoms with Crippen molar-refractivity contribution in [2.75, 3.05) is 14.2 Å². The molecule has 1 aromatic carbocycles. The molecule has 2 atom stereocenters. The molecule has 5 nitrogen and oxygen atoms in total. The maximum atomic E-state index is 6.13. The summed E-state index contributed by atoms with van der Waals surface area (Å²) < 4.78 is 13.2. The molecule has 0 amide bonds. The van der Waals surface area contributed by atoms with Crippen molar-refractivity contribution in [3.8, 4) is 11.5 Å². The molecule has 5 heteroatoms. The quantitative estimate of drug-likeness (QED) is 0.931. The zero-order valence-electron chi connectivity index (χ0n) is 12.0. The molecule has 106 valence electrons. The number of methoxy groups -OCH3 is 1. The van der Waals surface area contributed by atoms with Crippen LogP contribution >= 0.6 is 0 Å². The first-order valence-corrected chi connectivity index (χ1v) is 6.71. The first kappa shape index (κ1) is 13.0. The average molecular weight is 273 g/mol. The van der Waals surface area contributed by atoms with Crippen LogP contribution < -0.4 is 14.8 Å². The van der Waals surface area contributed by atoms with Gasteiger partial charge in [-0.25, -0.2) is 0 Å². The number of rotatable bonds is 3. The normalized spacial score (nSPS) is 21.1. The summed E-state index contributed by atoms with van der Waals surface area (Å²) in [5.41, 5.74) is 2.27. The molecular formula is C15H19N3O2. The number of nitrogens with one attached hydrogen (secondary N) is 1. The van der Waals surface area contributed by atoms with Gasteiger partial charge >= 0.3 is 0 Å². The van der Waals surface area contributed by atoms with Gasteiger partial charge in [0.15, 0.2) is 0 Å². The molecular weight excluding hydrogens is 254 g/mol. The third-order valence-electron chi connectivity index (χ3n) is 3.76. The maximum absolute atomic E-state index is 6.13. The van der Waals surface area contributed by atoms with Crippen LogP contribution in [0.5, 0.6) is 11.5 Å². The van der Waals surface area contributed by atoms with E-state index in [-0.39, 0.29) is 12.1 Å². The summed E-state index contributed by atoms with van der Waals surface area (Å²) in [7, 11) is 5.56. The van der Waals surface area contributed by atoms with Crippen molar-refractivity contribution in [1.82, 2.24) is 15.1 Å². The zero-order chi connectivity index (χ0) is 14.1. The Morgan fingerprint density at radius 3 is 2.95 bits per heavy atom. The highest BCUT2D eigenvalue weighted by Crippen LogP contribution is 2.42.